The molecule has 4 heteroatoms. The highest BCUT2D eigenvalue weighted by Gasteiger charge is 2.48. The van der Waals surface area contributed by atoms with Gasteiger partial charge in [-0.1, -0.05) is 34.6 Å². The summed E-state index contributed by atoms with van der Waals surface area (Å²) >= 11 is 1.74. The maximum absolute atomic E-state index is 6.01. The first-order valence-corrected chi connectivity index (χ1v) is 8.53. The minimum atomic E-state index is 0.234. The van der Waals surface area contributed by atoms with Crippen LogP contribution < -0.4 is 5.32 Å². The molecule has 3 nitrogen and oxygen atoms in total. The molecule has 114 valence electrons. The summed E-state index contributed by atoms with van der Waals surface area (Å²) in [7, 11) is 0. The fourth-order valence-electron chi connectivity index (χ4n) is 2.71. The van der Waals surface area contributed by atoms with E-state index in [2.05, 4.69) is 50.3 Å². The molecule has 0 saturated heterocycles. The highest BCUT2D eigenvalue weighted by molar-refractivity contribution is 7.09. The summed E-state index contributed by atoms with van der Waals surface area (Å²) in [4.78, 5) is 4.39. The minimum absolute atomic E-state index is 0.234. The van der Waals surface area contributed by atoms with Crippen molar-refractivity contribution in [3.63, 3.8) is 0 Å². The summed E-state index contributed by atoms with van der Waals surface area (Å²) in [6, 6.07) is 0.557. The second kappa shape index (κ2) is 6.54. The Bertz CT molecular complexity index is 403. The van der Waals surface area contributed by atoms with Crippen molar-refractivity contribution >= 4 is 11.3 Å². The van der Waals surface area contributed by atoms with Crippen LogP contribution in [-0.2, 0) is 4.74 Å². The van der Waals surface area contributed by atoms with Crippen LogP contribution >= 0.6 is 11.3 Å². The molecule has 20 heavy (non-hydrogen) atoms. The van der Waals surface area contributed by atoms with Crippen molar-refractivity contribution in [2.75, 3.05) is 13.2 Å². The average Bonchev–Trinajstić information content (AvgIpc) is 2.90. The molecule has 3 unspecified atom stereocenters. The third-order valence-corrected chi connectivity index (χ3v) is 5.36. The standard InChI is InChI=1S/C16H28N2OS/c1-11(2)10-19-14-8-13(16(14,4)5)18-9-12(3)15-17-6-7-20-15/h6-7,11-14,18H,8-10H2,1-5H3. The normalized spacial score (nSPS) is 26.5. The van der Waals surface area contributed by atoms with Crippen LogP contribution in [0, 0.1) is 11.3 Å². The van der Waals surface area contributed by atoms with Gasteiger partial charge in [0.25, 0.3) is 0 Å². The molecule has 0 aromatic carbocycles. The first kappa shape index (κ1) is 15.9. The van der Waals surface area contributed by atoms with Gasteiger partial charge in [0.2, 0.25) is 0 Å². The van der Waals surface area contributed by atoms with Crippen LogP contribution in [0.5, 0.6) is 0 Å². The molecule has 1 fully saturated rings. The Labute approximate surface area is 127 Å². The van der Waals surface area contributed by atoms with E-state index in [1.165, 1.54) is 5.01 Å². The van der Waals surface area contributed by atoms with Gasteiger partial charge in [-0.05, 0) is 12.3 Å². The van der Waals surface area contributed by atoms with Gasteiger partial charge in [-0.3, -0.25) is 0 Å². The van der Waals surface area contributed by atoms with E-state index < -0.39 is 0 Å². The molecule has 0 spiro atoms. The summed E-state index contributed by atoms with van der Waals surface area (Å²) in [6.07, 6.45) is 3.42. The molecule has 1 N–H and O–H groups in total. The van der Waals surface area contributed by atoms with E-state index in [0.717, 1.165) is 19.6 Å². The fraction of sp³-hybridized carbons (Fsp3) is 0.812. The summed E-state index contributed by atoms with van der Waals surface area (Å²) in [5.74, 6) is 1.10. The van der Waals surface area contributed by atoms with Gasteiger partial charge in [0.1, 0.15) is 0 Å². The Morgan fingerprint density at radius 2 is 2.20 bits per heavy atom. The van der Waals surface area contributed by atoms with E-state index in [-0.39, 0.29) is 5.41 Å². The predicted molar refractivity (Wildman–Crippen MR) is 85.3 cm³/mol. The number of aromatic nitrogens is 1. The Morgan fingerprint density at radius 1 is 1.45 bits per heavy atom. The molecule has 1 heterocycles. The van der Waals surface area contributed by atoms with Crippen molar-refractivity contribution in [3.8, 4) is 0 Å². The minimum Gasteiger partial charge on any atom is -0.377 e. The molecule has 0 bridgehead atoms. The van der Waals surface area contributed by atoms with Gasteiger partial charge in [-0.15, -0.1) is 11.3 Å². The van der Waals surface area contributed by atoms with Gasteiger partial charge >= 0.3 is 0 Å². The summed E-state index contributed by atoms with van der Waals surface area (Å²) < 4.78 is 6.01. The van der Waals surface area contributed by atoms with Gasteiger partial charge in [0, 0.05) is 42.1 Å². The van der Waals surface area contributed by atoms with Gasteiger partial charge in [-0.25, -0.2) is 4.98 Å². The van der Waals surface area contributed by atoms with E-state index in [0.29, 0.717) is 24.0 Å². The van der Waals surface area contributed by atoms with Gasteiger partial charge in [0.05, 0.1) is 11.1 Å². The van der Waals surface area contributed by atoms with E-state index in [4.69, 9.17) is 4.74 Å². The van der Waals surface area contributed by atoms with Crippen LogP contribution in [0.4, 0.5) is 0 Å². The number of nitrogens with one attached hydrogen (secondary N) is 1. The zero-order valence-electron chi connectivity index (χ0n) is 13.3. The van der Waals surface area contributed by atoms with E-state index in [1.54, 1.807) is 11.3 Å². The lowest BCUT2D eigenvalue weighted by Crippen LogP contribution is -2.61. The van der Waals surface area contributed by atoms with Gasteiger partial charge < -0.3 is 10.1 Å². The third-order valence-electron chi connectivity index (χ3n) is 4.35. The zero-order chi connectivity index (χ0) is 14.8. The monoisotopic (exact) mass is 296 g/mol. The molecule has 1 saturated carbocycles. The maximum Gasteiger partial charge on any atom is 0.0965 e. The fourth-order valence-corrected chi connectivity index (χ4v) is 3.41. The molecule has 1 aromatic heterocycles. The van der Waals surface area contributed by atoms with Gasteiger partial charge in [0.15, 0.2) is 0 Å². The van der Waals surface area contributed by atoms with Crippen LogP contribution in [0.15, 0.2) is 11.6 Å². The summed E-state index contributed by atoms with van der Waals surface area (Å²) in [5, 5.41) is 6.98. The van der Waals surface area contributed by atoms with Crippen molar-refractivity contribution in [2.24, 2.45) is 11.3 Å². The predicted octanol–water partition coefficient (Wildman–Crippen LogP) is 3.68. The van der Waals surface area contributed by atoms with Crippen molar-refractivity contribution < 1.29 is 4.74 Å². The molecule has 2 rings (SSSR count). The Hall–Kier alpha value is -0.450. The first-order valence-electron chi connectivity index (χ1n) is 7.65. The van der Waals surface area contributed by atoms with E-state index in [1.807, 2.05) is 6.20 Å². The lowest BCUT2D eigenvalue weighted by molar-refractivity contribution is -0.123. The number of rotatable bonds is 7. The summed E-state index contributed by atoms with van der Waals surface area (Å²) in [5.41, 5.74) is 0.234. The van der Waals surface area contributed by atoms with Gasteiger partial charge in [-0.2, -0.15) is 0 Å². The van der Waals surface area contributed by atoms with Crippen molar-refractivity contribution in [2.45, 2.75) is 59.1 Å². The lowest BCUT2D eigenvalue weighted by atomic mass is 9.64. The number of nitrogens with zero attached hydrogens (tertiary/aromatic N) is 1. The van der Waals surface area contributed by atoms with E-state index >= 15 is 0 Å². The lowest BCUT2D eigenvalue weighted by Gasteiger charge is -2.52. The molecule has 1 aliphatic rings. The molecule has 1 aromatic rings. The topological polar surface area (TPSA) is 34.1 Å². The van der Waals surface area contributed by atoms with Crippen molar-refractivity contribution in [1.82, 2.24) is 10.3 Å². The molecule has 0 amide bonds. The average molecular weight is 296 g/mol. The van der Waals surface area contributed by atoms with Crippen LogP contribution in [0.1, 0.15) is 52.0 Å². The zero-order valence-corrected chi connectivity index (χ0v) is 14.2. The second-order valence-electron chi connectivity index (χ2n) is 7.01. The first-order chi connectivity index (χ1) is 9.41. The van der Waals surface area contributed by atoms with Crippen LogP contribution in [-0.4, -0.2) is 30.3 Å². The molecule has 1 aliphatic carbocycles. The van der Waals surface area contributed by atoms with E-state index in [9.17, 15) is 0 Å². The number of hydrogen-bond donors (Lipinski definition) is 1. The molecule has 0 radical (unpaired) electrons. The number of ether oxygens (including phenoxy) is 1. The smallest absolute Gasteiger partial charge is 0.0965 e. The number of hydrogen-bond acceptors (Lipinski definition) is 4. The van der Waals surface area contributed by atoms with Crippen LogP contribution in [0.2, 0.25) is 0 Å². The maximum atomic E-state index is 6.01. The summed E-state index contributed by atoms with van der Waals surface area (Å²) in [6.45, 7) is 13.1. The Morgan fingerprint density at radius 3 is 2.75 bits per heavy atom. The molecule has 0 aliphatic heterocycles. The molecule has 3 atom stereocenters. The highest BCUT2D eigenvalue weighted by Crippen LogP contribution is 2.43. The molecular weight excluding hydrogens is 268 g/mol. The number of thiazole rings is 1. The van der Waals surface area contributed by atoms with Crippen LogP contribution in [0.3, 0.4) is 0 Å². The third kappa shape index (κ3) is 3.60. The highest BCUT2D eigenvalue weighted by atomic mass is 32.1. The quantitative estimate of drug-likeness (QED) is 0.833. The van der Waals surface area contributed by atoms with Crippen LogP contribution in [0.25, 0.3) is 0 Å². The van der Waals surface area contributed by atoms with Crippen molar-refractivity contribution in [3.05, 3.63) is 16.6 Å². The second-order valence-corrected chi connectivity index (χ2v) is 7.93. The molecular formula is C16H28N2OS. The van der Waals surface area contributed by atoms with Crippen molar-refractivity contribution in [1.29, 1.82) is 0 Å². The Balaban J connectivity index is 1.75. The Kier molecular flexibility index (Phi) is 5.21. The largest absolute Gasteiger partial charge is 0.377 e. The SMILES string of the molecule is CC(C)COC1CC(NCC(C)c2nccs2)C1(C)C.